The number of hydrogen-bond acceptors (Lipinski definition) is 3. The molecule has 0 saturated heterocycles. The van der Waals surface area contributed by atoms with Crippen LogP contribution in [0.2, 0.25) is 10.0 Å². The Labute approximate surface area is 136 Å². The number of aromatic nitrogens is 3. The van der Waals surface area contributed by atoms with Crippen LogP contribution in [-0.4, -0.2) is 20.4 Å². The molecule has 0 unspecified atom stereocenters. The van der Waals surface area contributed by atoms with E-state index in [1.807, 2.05) is 0 Å². The number of rotatable bonds is 3. The van der Waals surface area contributed by atoms with Crippen molar-refractivity contribution in [1.29, 1.82) is 0 Å². The van der Waals surface area contributed by atoms with E-state index < -0.39 is 0 Å². The molecule has 1 N–H and O–H groups in total. The first-order chi connectivity index (χ1) is 10.6. The fraction of sp³-hybridized carbons (Fsp3) is 0. The first kappa shape index (κ1) is 14.6. The number of anilines is 1. The first-order valence-corrected chi connectivity index (χ1v) is 7.10. The molecule has 0 fully saturated rings. The monoisotopic (exact) mass is 332 g/mol. The number of halogens is 2. The minimum Gasteiger partial charge on any atom is -0.321 e. The maximum atomic E-state index is 12.2. The lowest BCUT2D eigenvalue weighted by Crippen LogP contribution is -2.12. The molecule has 3 rings (SSSR count). The van der Waals surface area contributed by atoms with Crippen LogP contribution in [0, 0.1) is 0 Å². The van der Waals surface area contributed by atoms with Crippen LogP contribution in [-0.2, 0) is 0 Å². The van der Waals surface area contributed by atoms with Crippen molar-refractivity contribution in [3.63, 3.8) is 0 Å². The minimum atomic E-state index is -0.321. The SMILES string of the molecule is O=C(Nc1ccc(-n2ccnc2)nc1)c1ccc(Cl)cc1Cl. The van der Waals surface area contributed by atoms with Gasteiger partial charge in [-0.3, -0.25) is 9.36 Å². The summed E-state index contributed by atoms with van der Waals surface area (Å²) in [6, 6.07) is 8.25. The highest BCUT2D eigenvalue weighted by Crippen LogP contribution is 2.22. The van der Waals surface area contributed by atoms with Crippen LogP contribution in [0.5, 0.6) is 0 Å². The van der Waals surface area contributed by atoms with E-state index in [4.69, 9.17) is 23.2 Å². The van der Waals surface area contributed by atoms with Crippen LogP contribution in [0.3, 0.4) is 0 Å². The van der Waals surface area contributed by atoms with E-state index in [-0.39, 0.29) is 5.91 Å². The predicted octanol–water partition coefficient (Wildman–Crippen LogP) is 3.83. The normalized spacial score (nSPS) is 10.5. The largest absolute Gasteiger partial charge is 0.321 e. The number of amides is 1. The van der Waals surface area contributed by atoms with Crippen LogP contribution in [0.1, 0.15) is 10.4 Å². The zero-order valence-electron chi connectivity index (χ0n) is 11.2. The van der Waals surface area contributed by atoms with Gasteiger partial charge < -0.3 is 5.32 Å². The van der Waals surface area contributed by atoms with Crippen LogP contribution in [0.25, 0.3) is 5.82 Å². The topological polar surface area (TPSA) is 59.8 Å². The van der Waals surface area contributed by atoms with Crippen molar-refractivity contribution < 1.29 is 4.79 Å². The number of hydrogen-bond donors (Lipinski definition) is 1. The Morgan fingerprint density at radius 2 is 2.05 bits per heavy atom. The van der Waals surface area contributed by atoms with Gasteiger partial charge in [0.1, 0.15) is 12.1 Å². The molecule has 0 aliphatic rings. The quantitative estimate of drug-likeness (QED) is 0.792. The molecule has 22 heavy (non-hydrogen) atoms. The van der Waals surface area contributed by atoms with Crippen molar-refractivity contribution in [2.75, 3.05) is 5.32 Å². The fourth-order valence-corrected chi connectivity index (χ4v) is 2.37. The van der Waals surface area contributed by atoms with Crippen LogP contribution in [0.15, 0.2) is 55.2 Å². The van der Waals surface area contributed by atoms with Gasteiger partial charge in [-0.05, 0) is 30.3 Å². The van der Waals surface area contributed by atoms with Crippen molar-refractivity contribution in [3.05, 3.63) is 70.9 Å². The van der Waals surface area contributed by atoms with Gasteiger partial charge in [0.05, 0.1) is 22.5 Å². The second-order valence-corrected chi connectivity index (χ2v) is 5.30. The first-order valence-electron chi connectivity index (χ1n) is 6.34. The highest BCUT2D eigenvalue weighted by molar-refractivity contribution is 6.37. The second-order valence-electron chi connectivity index (χ2n) is 4.45. The molecule has 0 radical (unpaired) electrons. The van der Waals surface area contributed by atoms with E-state index in [9.17, 15) is 4.79 Å². The van der Waals surface area contributed by atoms with Gasteiger partial charge in [-0.1, -0.05) is 23.2 Å². The smallest absolute Gasteiger partial charge is 0.257 e. The maximum absolute atomic E-state index is 12.2. The second kappa shape index (κ2) is 6.17. The van der Waals surface area contributed by atoms with Crippen molar-refractivity contribution in [3.8, 4) is 5.82 Å². The third-order valence-electron chi connectivity index (χ3n) is 2.95. The van der Waals surface area contributed by atoms with Crippen LogP contribution < -0.4 is 5.32 Å². The predicted molar refractivity (Wildman–Crippen MR) is 85.8 cm³/mol. The Hall–Kier alpha value is -2.37. The summed E-state index contributed by atoms with van der Waals surface area (Å²) < 4.78 is 1.77. The minimum absolute atomic E-state index is 0.299. The number of carbonyl (C=O) groups is 1. The third-order valence-corrected chi connectivity index (χ3v) is 3.50. The molecular formula is C15H10Cl2N4O. The summed E-state index contributed by atoms with van der Waals surface area (Å²) in [7, 11) is 0. The summed E-state index contributed by atoms with van der Waals surface area (Å²) in [6.07, 6.45) is 6.67. The maximum Gasteiger partial charge on any atom is 0.257 e. The van der Waals surface area contributed by atoms with Gasteiger partial charge in [0, 0.05) is 17.4 Å². The molecule has 110 valence electrons. The van der Waals surface area contributed by atoms with Crippen molar-refractivity contribution >= 4 is 34.8 Å². The Balaban J connectivity index is 1.77. The number of nitrogens with one attached hydrogen (secondary N) is 1. The van der Waals surface area contributed by atoms with Gasteiger partial charge >= 0.3 is 0 Å². The summed E-state index contributed by atoms with van der Waals surface area (Å²) in [6.45, 7) is 0. The van der Waals surface area contributed by atoms with Gasteiger partial charge in [0.15, 0.2) is 0 Å². The van der Waals surface area contributed by atoms with Gasteiger partial charge in [-0.25, -0.2) is 9.97 Å². The zero-order valence-corrected chi connectivity index (χ0v) is 12.7. The lowest BCUT2D eigenvalue weighted by Gasteiger charge is -2.08. The fourth-order valence-electron chi connectivity index (χ4n) is 1.88. The summed E-state index contributed by atoms with van der Waals surface area (Å²) >= 11 is 11.8. The molecule has 1 amide bonds. The van der Waals surface area contributed by atoms with Crippen molar-refractivity contribution in [2.45, 2.75) is 0 Å². The molecule has 0 aliphatic carbocycles. The van der Waals surface area contributed by atoms with E-state index >= 15 is 0 Å². The number of benzene rings is 1. The Bertz CT molecular complexity index is 801. The molecule has 2 aromatic heterocycles. The van der Waals surface area contributed by atoms with Crippen LogP contribution >= 0.6 is 23.2 Å². The highest BCUT2D eigenvalue weighted by atomic mass is 35.5. The molecule has 0 aliphatic heterocycles. The lowest BCUT2D eigenvalue weighted by molar-refractivity contribution is 0.102. The number of pyridine rings is 1. The van der Waals surface area contributed by atoms with Crippen molar-refractivity contribution in [1.82, 2.24) is 14.5 Å². The molecule has 2 heterocycles. The van der Waals surface area contributed by atoms with E-state index in [1.54, 1.807) is 53.8 Å². The molecule has 5 nitrogen and oxygen atoms in total. The molecule has 1 aromatic carbocycles. The Morgan fingerprint density at radius 1 is 1.18 bits per heavy atom. The Morgan fingerprint density at radius 3 is 2.68 bits per heavy atom. The molecule has 7 heteroatoms. The molecule has 3 aromatic rings. The Kier molecular flexibility index (Phi) is 4.09. The van der Waals surface area contributed by atoms with Gasteiger partial charge in [-0.2, -0.15) is 0 Å². The summed E-state index contributed by atoms with van der Waals surface area (Å²) in [5.74, 6) is 0.388. The van der Waals surface area contributed by atoms with E-state index in [2.05, 4.69) is 15.3 Å². The summed E-state index contributed by atoms with van der Waals surface area (Å²) in [5, 5.41) is 3.52. The number of nitrogens with zero attached hydrogens (tertiary/aromatic N) is 3. The summed E-state index contributed by atoms with van der Waals surface area (Å²) in [4.78, 5) is 20.4. The van der Waals surface area contributed by atoms with E-state index in [0.29, 0.717) is 27.1 Å². The third kappa shape index (κ3) is 3.10. The van der Waals surface area contributed by atoms with Gasteiger partial charge in [0.25, 0.3) is 5.91 Å². The number of carbonyl (C=O) groups excluding carboxylic acids is 1. The summed E-state index contributed by atoms with van der Waals surface area (Å²) in [5.41, 5.74) is 0.921. The lowest BCUT2D eigenvalue weighted by atomic mass is 10.2. The standard InChI is InChI=1S/C15H10Cl2N4O/c16-10-1-3-12(13(17)7-10)15(22)20-11-2-4-14(19-8-11)21-6-5-18-9-21/h1-9H,(H,20,22). The molecule has 0 saturated carbocycles. The average Bonchev–Trinajstić information content (AvgIpc) is 3.02. The molecule has 0 bridgehead atoms. The number of imidazole rings is 1. The molecule has 0 atom stereocenters. The highest BCUT2D eigenvalue weighted by Gasteiger charge is 2.11. The van der Waals surface area contributed by atoms with Crippen molar-refractivity contribution in [2.24, 2.45) is 0 Å². The van der Waals surface area contributed by atoms with E-state index in [0.717, 1.165) is 0 Å². The molecule has 0 spiro atoms. The average molecular weight is 333 g/mol. The van der Waals surface area contributed by atoms with E-state index in [1.165, 1.54) is 6.07 Å². The molecular weight excluding hydrogens is 323 g/mol. The van der Waals surface area contributed by atoms with Crippen LogP contribution in [0.4, 0.5) is 5.69 Å². The zero-order chi connectivity index (χ0) is 15.5. The van der Waals surface area contributed by atoms with Gasteiger partial charge in [-0.15, -0.1) is 0 Å². The van der Waals surface area contributed by atoms with Gasteiger partial charge in [0.2, 0.25) is 0 Å².